The summed E-state index contributed by atoms with van der Waals surface area (Å²) >= 11 is 0. The van der Waals surface area contributed by atoms with Crippen LogP contribution in [0.1, 0.15) is 37.0 Å². The number of allylic oxidation sites excluding steroid dienone is 1. The number of carbonyl (C=O) groups excluding carboxylic acids is 1. The third kappa shape index (κ3) is 3.98. The monoisotopic (exact) mass is 204 g/mol. The zero-order valence-electron chi connectivity index (χ0n) is 9.19. The van der Waals surface area contributed by atoms with E-state index in [4.69, 9.17) is 4.74 Å². The Morgan fingerprint density at radius 1 is 1.33 bits per heavy atom. The molecule has 0 aliphatic heterocycles. The molecule has 2 heteroatoms. The Balaban J connectivity index is 2.54. The number of carbonyl (C=O) groups is 1. The van der Waals surface area contributed by atoms with Crippen molar-refractivity contribution in [2.45, 2.75) is 26.7 Å². The van der Waals surface area contributed by atoms with Crippen molar-refractivity contribution < 1.29 is 9.53 Å². The molecule has 0 N–H and O–H groups in total. The molecule has 0 unspecified atom stereocenters. The fraction of sp³-hybridized carbons (Fsp3) is 0.308. The molecule has 0 aliphatic rings. The Labute approximate surface area is 90.6 Å². The molecular formula is C13H16O2. The van der Waals surface area contributed by atoms with Crippen LogP contribution in [0.2, 0.25) is 0 Å². The molecule has 0 radical (unpaired) electrons. The van der Waals surface area contributed by atoms with Crippen LogP contribution in [0, 0.1) is 0 Å². The van der Waals surface area contributed by atoms with Gasteiger partial charge in [0.15, 0.2) is 0 Å². The van der Waals surface area contributed by atoms with E-state index in [9.17, 15) is 4.79 Å². The van der Waals surface area contributed by atoms with Gasteiger partial charge in [0.05, 0.1) is 11.8 Å². The number of hydrogen-bond acceptors (Lipinski definition) is 2. The number of rotatable bonds is 4. The summed E-state index contributed by atoms with van der Waals surface area (Å²) in [6.45, 7) is 4.05. The quantitative estimate of drug-likeness (QED) is 0.553. The van der Waals surface area contributed by atoms with Crippen LogP contribution in [-0.4, -0.2) is 5.97 Å². The highest BCUT2D eigenvalue weighted by molar-refractivity contribution is 5.89. The van der Waals surface area contributed by atoms with Gasteiger partial charge in [0.25, 0.3) is 0 Å². The van der Waals surface area contributed by atoms with Crippen molar-refractivity contribution in [1.82, 2.24) is 0 Å². The van der Waals surface area contributed by atoms with E-state index in [0.29, 0.717) is 5.56 Å². The highest BCUT2D eigenvalue weighted by atomic mass is 16.5. The second-order valence-electron chi connectivity index (χ2n) is 3.49. The summed E-state index contributed by atoms with van der Waals surface area (Å²) in [7, 11) is 0. The normalized spacial score (nSPS) is 11.2. The molecule has 0 saturated carbocycles. The van der Waals surface area contributed by atoms with E-state index < -0.39 is 0 Å². The van der Waals surface area contributed by atoms with Gasteiger partial charge in [-0.1, -0.05) is 31.5 Å². The third-order valence-electron chi connectivity index (χ3n) is 2.02. The van der Waals surface area contributed by atoms with Gasteiger partial charge in [0.2, 0.25) is 0 Å². The molecule has 0 fully saturated rings. The van der Waals surface area contributed by atoms with E-state index in [1.54, 1.807) is 18.4 Å². The number of benzene rings is 1. The summed E-state index contributed by atoms with van der Waals surface area (Å²) in [5.41, 5.74) is 1.67. The van der Waals surface area contributed by atoms with Gasteiger partial charge in [0.1, 0.15) is 0 Å². The van der Waals surface area contributed by atoms with Crippen LogP contribution < -0.4 is 0 Å². The average Bonchev–Trinajstić information content (AvgIpc) is 2.27. The molecule has 1 aromatic rings. The van der Waals surface area contributed by atoms with Gasteiger partial charge >= 0.3 is 5.97 Å². The lowest BCUT2D eigenvalue weighted by Crippen LogP contribution is -2.00. The molecule has 80 valence electrons. The van der Waals surface area contributed by atoms with Crippen molar-refractivity contribution >= 4 is 5.97 Å². The van der Waals surface area contributed by atoms with Gasteiger partial charge in [-0.05, 0) is 31.1 Å². The Morgan fingerprint density at radius 3 is 2.60 bits per heavy atom. The van der Waals surface area contributed by atoms with Crippen molar-refractivity contribution in [2.75, 3.05) is 0 Å². The van der Waals surface area contributed by atoms with Crippen LogP contribution in [0.4, 0.5) is 0 Å². The first kappa shape index (κ1) is 11.5. The Bertz CT molecular complexity index is 339. The van der Waals surface area contributed by atoms with Crippen molar-refractivity contribution in [3.8, 4) is 0 Å². The fourth-order valence-electron chi connectivity index (χ4n) is 1.25. The number of esters is 1. The first-order valence-electron chi connectivity index (χ1n) is 5.15. The molecule has 0 saturated heterocycles. The predicted octanol–water partition coefficient (Wildman–Crippen LogP) is 3.55. The minimum atomic E-state index is -0.300. The standard InChI is InChI=1S/C13H16O2/c1-3-7-11(2)10-15-13(14)12-8-5-4-6-9-12/h4-6,8-10H,3,7H2,1-2H3/b11-10+. The van der Waals surface area contributed by atoms with Crippen LogP contribution in [0.3, 0.4) is 0 Å². The molecule has 0 atom stereocenters. The van der Waals surface area contributed by atoms with Crippen LogP contribution in [0.25, 0.3) is 0 Å². The highest BCUT2D eigenvalue weighted by Gasteiger charge is 2.03. The SMILES string of the molecule is CCC/C(C)=C/OC(=O)c1ccccc1. The second kappa shape index (κ2) is 6.02. The predicted molar refractivity (Wildman–Crippen MR) is 60.5 cm³/mol. The molecule has 1 rings (SSSR count). The van der Waals surface area contributed by atoms with E-state index in [0.717, 1.165) is 18.4 Å². The lowest BCUT2D eigenvalue weighted by molar-refractivity contribution is 0.0660. The molecule has 0 aromatic heterocycles. The van der Waals surface area contributed by atoms with Crippen molar-refractivity contribution in [2.24, 2.45) is 0 Å². The van der Waals surface area contributed by atoms with Gasteiger partial charge in [0, 0.05) is 0 Å². The highest BCUT2D eigenvalue weighted by Crippen LogP contribution is 2.06. The molecular weight excluding hydrogens is 188 g/mol. The molecule has 2 nitrogen and oxygen atoms in total. The van der Waals surface area contributed by atoms with Gasteiger partial charge in [-0.15, -0.1) is 0 Å². The zero-order chi connectivity index (χ0) is 11.1. The smallest absolute Gasteiger partial charge is 0.342 e. The van der Waals surface area contributed by atoms with Gasteiger partial charge < -0.3 is 4.74 Å². The maximum absolute atomic E-state index is 11.5. The minimum Gasteiger partial charge on any atom is -0.431 e. The molecule has 0 spiro atoms. The molecule has 15 heavy (non-hydrogen) atoms. The number of hydrogen-bond donors (Lipinski definition) is 0. The molecule has 0 heterocycles. The summed E-state index contributed by atoms with van der Waals surface area (Å²) in [5, 5.41) is 0. The van der Waals surface area contributed by atoms with E-state index in [2.05, 4.69) is 6.92 Å². The van der Waals surface area contributed by atoms with Crippen LogP contribution in [0.15, 0.2) is 42.2 Å². The summed E-state index contributed by atoms with van der Waals surface area (Å²) < 4.78 is 5.04. The number of ether oxygens (including phenoxy) is 1. The minimum absolute atomic E-state index is 0.300. The Kier molecular flexibility index (Phi) is 4.61. The maximum atomic E-state index is 11.5. The second-order valence-corrected chi connectivity index (χ2v) is 3.49. The lowest BCUT2D eigenvalue weighted by Gasteiger charge is -2.01. The molecule has 1 aromatic carbocycles. The Hall–Kier alpha value is -1.57. The van der Waals surface area contributed by atoms with Crippen LogP contribution in [-0.2, 0) is 4.74 Å². The summed E-state index contributed by atoms with van der Waals surface area (Å²) in [4.78, 5) is 11.5. The first-order chi connectivity index (χ1) is 7.24. The molecule has 0 aliphatic carbocycles. The van der Waals surface area contributed by atoms with E-state index in [1.165, 1.54) is 0 Å². The molecule has 0 amide bonds. The van der Waals surface area contributed by atoms with Gasteiger partial charge in [-0.25, -0.2) is 4.79 Å². The van der Waals surface area contributed by atoms with Crippen LogP contribution in [0.5, 0.6) is 0 Å². The van der Waals surface area contributed by atoms with Crippen molar-refractivity contribution in [3.05, 3.63) is 47.7 Å². The fourth-order valence-corrected chi connectivity index (χ4v) is 1.25. The third-order valence-corrected chi connectivity index (χ3v) is 2.02. The van der Waals surface area contributed by atoms with E-state index in [-0.39, 0.29) is 5.97 Å². The molecule has 0 bridgehead atoms. The zero-order valence-corrected chi connectivity index (χ0v) is 9.19. The van der Waals surface area contributed by atoms with Crippen LogP contribution >= 0.6 is 0 Å². The summed E-state index contributed by atoms with van der Waals surface area (Å²) in [6.07, 6.45) is 3.56. The van der Waals surface area contributed by atoms with Gasteiger partial charge in [-0.2, -0.15) is 0 Å². The maximum Gasteiger partial charge on any atom is 0.342 e. The topological polar surface area (TPSA) is 26.3 Å². The summed E-state index contributed by atoms with van der Waals surface area (Å²) in [6, 6.07) is 8.99. The van der Waals surface area contributed by atoms with Crippen molar-refractivity contribution in [3.63, 3.8) is 0 Å². The lowest BCUT2D eigenvalue weighted by atomic mass is 10.2. The largest absolute Gasteiger partial charge is 0.431 e. The average molecular weight is 204 g/mol. The summed E-state index contributed by atoms with van der Waals surface area (Å²) in [5.74, 6) is -0.300. The van der Waals surface area contributed by atoms with E-state index in [1.807, 2.05) is 25.1 Å². The van der Waals surface area contributed by atoms with Crippen molar-refractivity contribution in [1.29, 1.82) is 0 Å². The first-order valence-corrected chi connectivity index (χ1v) is 5.15. The Morgan fingerprint density at radius 2 is 2.00 bits per heavy atom. The van der Waals surface area contributed by atoms with Gasteiger partial charge in [-0.3, -0.25) is 0 Å². The van der Waals surface area contributed by atoms with E-state index >= 15 is 0 Å².